The van der Waals surface area contributed by atoms with E-state index in [4.69, 9.17) is 4.74 Å². The first-order chi connectivity index (χ1) is 13.2. The summed E-state index contributed by atoms with van der Waals surface area (Å²) in [5.41, 5.74) is -0.817. The van der Waals surface area contributed by atoms with Crippen LogP contribution in [0.15, 0.2) is 18.2 Å². The molecule has 1 heterocycles. The Labute approximate surface area is 158 Å². The fraction of sp³-hybridized carbons (Fsp3) is 0.250. The van der Waals surface area contributed by atoms with Crippen LogP contribution in [0.3, 0.4) is 0 Å². The minimum atomic E-state index is -1.34. The molecule has 0 saturated carbocycles. The molecule has 0 saturated heterocycles. The average Bonchev–Trinajstić information content (AvgIpc) is 2.92. The lowest BCUT2D eigenvalue weighted by Gasteiger charge is -2.21. The van der Waals surface area contributed by atoms with Crippen molar-refractivity contribution < 1.29 is 39.5 Å². The number of aliphatic hydroxyl groups is 1. The van der Waals surface area contributed by atoms with E-state index in [1.165, 1.54) is 13.0 Å². The molecule has 4 rings (SSSR count). The molecule has 0 fully saturated rings. The van der Waals surface area contributed by atoms with Crippen molar-refractivity contribution in [1.29, 1.82) is 0 Å². The van der Waals surface area contributed by atoms with Crippen molar-refractivity contribution in [3.63, 3.8) is 0 Å². The number of rotatable bonds is 3. The lowest BCUT2D eigenvalue weighted by Crippen LogP contribution is -2.22. The van der Waals surface area contributed by atoms with Crippen molar-refractivity contribution in [2.24, 2.45) is 0 Å². The van der Waals surface area contributed by atoms with E-state index in [9.17, 15) is 34.8 Å². The van der Waals surface area contributed by atoms with Crippen LogP contribution in [-0.2, 0) is 4.79 Å². The molecular formula is C20H16O8. The smallest absolute Gasteiger partial charge is 0.204 e. The maximum absolute atomic E-state index is 12.9. The van der Waals surface area contributed by atoms with Gasteiger partial charge in [-0.15, -0.1) is 0 Å². The number of hydrogen-bond acceptors (Lipinski definition) is 8. The second-order valence-electron chi connectivity index (χ2n) is 6.96. The summed E-state index contributed by atoms with van der Waals surface area (Å²) >= 11 is 0. The summed E-state index contributed by atoms with van der Waals surface area (Å²) in [7, 11) is 0. The second-order valence-corrected chi connectivity index (χ2v) is 6.96. The first-order valence-corrected chi connectivity index (χ1v) is 8.60. The molecule has 4 N–H and O–H groups in total. The number of benzene rings is 2. The Hall–Kier alpha value is -3.39. The number of phenolic OH excluding ortho intramolecular Hbond substituents is 3. The van der Waals surface area contributed by atoms with Gasteiger partial charge in [0.15, 0.2) is 5.78 Å². The summed E-state index contributed by atoms with van der Waals surface area (Å²) in [5, 5.41) is 40.7. The van der Waals surface area contributed by atoms with Crippen LogP contribution >= 0.6 is 0 Å². The van der Waals surface area contributed by atoms with Gasteiger partial charge in [-0.05, 0) is 25.5 Å². The number of ketones is 3. The SMILES string of the molecule is CC(=O)CCC1c2c(cc3c(c2O)C(=O)c2c(O)cc(O)cc2C3=O)OC1O. The van der Waals surface area contributed by atoms with Gasteiger partial charge < -0.3 is 30.0 Å². The van der Waals surface area contributed by atoms with E-state index in [1.807, 2.05) is 0 Å². The molecule has 8 heteroatoms. The number of hydrogen-bond donors (Lipinski definition) is 4. The van der Waals surface area contributed by atoms with Crippen LogP contribution < -0.4 is 4.74 Å². The summed E-state index contributed by atoms with van der Waals surface area (Å²) in [4.78, 5) is 37.1. The van der Waals surface area contributed by atoms with E-state index >= 15 is 0 Å². The third-order valence-electron chi connectivity index (χ3n) is 5.12. The van der Waals surface area contributed by atoms with Crippen molar-refractivity contribution in [1.82, 2.24) is 0 Å². The number of carbonyl (C=O) groups is 3. The Balaban J connectivity index is 1.90. The first kappa shape index (κ1) is 18.0. The van der Waals surface area contributed by atoms with Crippen molar-refractivity contribution in [2.75, 3.05) is 0 Å². The lowest BCUT2D eigenvalue weighted by atomic mass is 9.80. The van der Waals surface area contributed by atoms with Crippen molar-refractivity contribution in [2.45, 2.75) is 32.0 Å². The zero-order valence-corrected chi connectivity index (χ0v) is 14.7. The highest BCUT2D eigenvalue weighted by atomic mass is 16.6. The molecule has 8 nitrogen and oxygen atoms in total. The Morgan fingerprint density at radius 3 is 2.39 bits per heavy atom. The van der Waals surface area contributed by atoms with Gasteiger partial charge in [-0.3, -0.25) is 9.59 Å². The van der Waals surface area contributed by atoms with Gasteiger partial charge in [0.25, 0.3) is 0 Å². The van der Waals surface area contributed by atoms with Crippen molar-refractivity contribution in [3.05, 3.63) is 46.0 Å². The molecule has 0 bridgehead atoms. The highest BCUT2D eigenvalue weighted by Gasteiger charge is 2.42. The summed E-state index contributed by atoms with van der Waals surface area (Å²) < 4.78 is 5.34. The quantitative estimate of drug-likeness (QED) is 0.535. The lowest BCUT2D eigenvalue weighted by molar-refractivity contribution is -0.117. The number of ether oxygens (including phenoxy) is 1. The van der Waals surface area contributed by atoms with E-state index < -0.39 is 35.3 Å². The van der Waals surface area contributed by atoms with E-state index in [-0.39, 0.29) is 57.9 Å². The van der Waals surface area contributed by atoms with Crippen LogP contribution in [0.5, 0.6) is 23.0 Å². The minimum Gasteiger partial charge on any atom is -0.508 e. The number of phenols is 3. The average molecular weight is 384 g/mol. The molecule has 2 atom stereocenters. The first-order valence-electron chi connectivity index (χ1n) is 8.60. The van der Waals surface area contributed by atoms with Gasteiger partial charge in [0.2, 0.25) is 12.1 Å². The molecule has 0 aromatic heterocycles. The van der Waals surface area contributed by atoms with Crippen LogP contribution in [-0.4, -0.2) is 44.1 Å². The third-order valence-corrected chi connectivity index (χ3v) is 5.12. The number of carbonyl (C=O) groups excluding carboxylic acids is 3. The normalized spacial score (nSPS) is 19.6. The van der Waals surface area contributed by atoms with Crippen LogP contribution in [0.1, 0.15) is 63.1 Å². The van der Waals surface area contributed by atoms with E-state index in [2.05, 4.69) is 0 Å². The Morgan fingerprint density at radius 2 is 1.71 bits per heavy atom. The summed E-state index contributed by atoms with van der Waals surface area (Å²) in [6.07, 6.45) is -1.01. The van der Waals surface area contributed by atoms with Gasteiger partial charge in [-0.25, -0.2) is 0 Å². The standard InChI is InChI=1S/C20H16O8/c1-7(21)2-3-9-15-13(28-20(9)27)6-11-16(19(15)26)18(25)14-10(17(11)24)4-8(22)5-12(14)23/h4-6,9,20,22-23,26-27H,2-3H2,1H3. The number of aromatic hydroxyl groups is 3. The molecule has 0 amide bonds. The topological polar surface area (TPSA) is 141 Å². The summed E-state index contributed by atoms with van der Waals surface area (Å²) in [5.74, 6) is -3.76. The van der Waals surface area contributed by atoms with E-state index in [1.54, 1.807) is 0 Å². The van der Waals surface area contributed by atoms with Crippen LogP contribution in [0.4, 0.5) is 0 Å². The molecule has 28 heavy (non-hydrogen) atoms. The van der Waals surface area contributed by atoms with Gasteiger partial charge in [0, 0.05) is 29.2 Å². The summed E-state index contributed by atoms with van der Waals surface area (Å²) in [6, 6.07) is 3.25. The molecular weight excluding hydrogens is 368 g/mol. The number of fused-ring (bicyclic) bond motifs is 3. The predicted molar refractivity (Wildman–Crippen MR) is 94.0 cm³/mol. The van der Waals surface area contributed by atoms with Gasteiger partial charge >= 0.3 is 0 Å². The van der Waals surface area contributed by atoms with Crippen LogP contribution in [0.25, 0.3) is 0 Å². The molecule has 0 spiro atoms. The molecule has 2 aromatic carbocycles. The highest BCUT2D eigenvalue weighted by molar-refractivity contribution is 6.30. The maximum Gasteiger partial charge on any atom is 0.204 e. The van der Waals surface area contributed by atoms with Crippen molar-refractivity contribution >= 4 is 17.3 Å². The molecule has 2 unspecified atom stereocenters. The number of Topliss-reactive ketones (excluding diaryl/α,β-unsaturated/α-hetero) is 1. The fourth-order valence-electron chi connectivity index (χ4n) is 3.82. The largest absolute Gasteiger partial charge is 0.508 e. The monoisotopic (exact) mass is 384 g/mol. The minimum absolute atomic E-state index is 0.0475. The van der Waals surface area contributed by atoms with Gasteiger partial charge in [-0.1, -0.05) is 0 Å². The van der Waals surface area contributed by atoms with Crippen LogP contribution in [0, 0.1) is 0 Å². The zero-order valence-electron chi connectivity index (χ0n) is 14.7. The Bertz CT molecular complexity index is 1070. The van der Waals surface area contributed by atoms with Crippen LogP contribution in [0.2, 0.25) is 0 Å². The summed E-state index contributed by atoms with van der Waals surface area (Å²) in [6.45, 7) is 1.40. The predicted octanol–water partition coefficient (Wildman–Crippen LogP) is 1.74. The zero-order chi connectivity index (χ0) is 20.3. The Morgan fingerprint density at radius 1 is 1.04 bits per heavy atom. The molecule has 2 aliphatic rings. The second kappa shape index (κ2) is 6.07. The van der Waals surface area contributed by atoms with E-state index in [0.717, 1.165) is 12.1 Å². The molecule has 1 aliphatic heterocycles. The van der Waals surface area contributed by atoms with Crippen molar-refractivity contribution in [3.8, 4) is 23.0 Å². The molecule has 0 radical (unpaired) electrons. The molecule has 144 valence electrons. The van der Waals surface area contributed by atoms with Gasteiger partial charge in [-0.2, -0.15) is 0 Å². The highest BCUT2D eigenvalue weighted by Crippen LogP contribution is 2.50. The van der Waals surface area contributed by atoms with Gasteiger partial charge in [0.1, 0.15) is 28.8 Å². The van der Waals surface area contributed by atoms with Gasteiger partial charge in [0.05, 0.1) is 17.0 Å². The molecule has 2 aromatic rings. The number of aliphatic hydroxyl groups excluding tert-OH is 1. The fourth-order valence-corrected chi connectivity index (χ4v) is 3.82. The molecule has 1 aliphatic carbocycles. The maximum atomic E-state index is 12.9. The van der Waals surface area contributed by atoms with E-state index in [0.29, 0.717) is 0 Å². The Kier molecular flexibility index (Phi) is 3.90. The third kappa shape index (κ3) is 2.45.